The van der Waals surface area contributed by atoms with Crippen LogP contribution in [0.3, 0.4) is 0 Å². The van der Waals surface area contributed by atoms with Crippen molar-refractivity contribution in [2.24, 2.45) is 0 Å². The Balaban J connectivity index is 1.50. The molecule has 6 rings (SSSR count). The SMILES string of the molecule is CCN(CC)C(=O)CCCCCn1c2ccccc2c2c3c(c4c5ccccc5[nH]c4c21)C(=O)N(O)C3=O. The lowest BCUT2D eigenvalue weighted by atomic mass is 9.97. The smallest absolute Gasteiger partial charge is 0.286 e. The quantitative estimate of drug-likeness (QED) is 0.156. The second-order valence-electron chi connectivity index (χ2n) is 9.86. The van der Waals surface area contributed by atoms with Crippen molar-refractivity contribution in [3.8, 4) is 0 Å². The van der Waals surface area contributed by atoms with E-state index in [1.54, 1.807) is 0 Å². The highest BCUT2D eigenvalue weighted by Gasteiger charge is 2.41. The molecule has 2 N–H and O–H groups in total. The highest BCUT2D eigenvalue weighted by Crippen LogP contribution is 2.44. The van der Waals surface area contributed by atoms with Gasteiger partial charge in [-0.1, -0.05) is 42.8 Å². The maximum atomic E-state index is 13.2. The molecule has 1 aliphatic heterocycles. The molecule has 3 heterocycles. The number of amides is 3. The topological polar surface area (TPSA) is 98.6 Å². The predicted octanol–water partition coefficient (Wildman–Crippen LogP) is 5.84. The molecule has 0 saturated heterocycles. The van der Waals surface area contributed by atoms with E-state index >= 15 is 0 Å². The van der Waals surface area contributed by atoms with Crippen molar-refractivity contribution in [1.82, 2.24) is 19.5 Å². The van der Waals surface area contributed by atoms with Gasteiger partial charge in [0.2, 0.25) is 5.91 Å². The van der Waals surface area contributed by atoms with Gasteiger partial charge in [0.25, 0.3) is 11.8 Å². The lowest BCUT2D eigenvalue weighted by molar-refractivity contribution is -0.130. The number of rotatable bonds is 8. The van der Waals surface area contributed by atoms with Gasteiger partial charge in [0, 0.05) is 58.6 Å². The number of hydroxylamine groups is 2. The molecule has 0 saturated carbocycles. The number of imide groups is 1. The molecule has 5 aromatic rings. The zero-order valence-corrected chi connectivity index (χ0v) is 21.6. The van der Waals surface area contributed by atoms with E-state index in [0.29, 0.717) is 23.7 Å². The number of carbonyl (C=O) groups excluding carboxylic acids is 3. The summed E-state index contributed by atoms with van der Waals surface area (Å²) in [7, 11) is 0. The molecule has 8 nitrogen and oxygen atoms in total. The van der Waals surface area contributed by atoms with E-state index in [0.717, 1.165) is 65.2 Å². The molecule has 0 fully saturated rings. The first kappa shape index (κ1) is 24.2. The Morgan fingerprint density at radius 1 is 0.868 bits per heavy atom. The standard InChI is InChI=1S/C30H30N4O4/c1-3-32(4-2)22(35)16-6-5-11-17-33-21-15-10-8-13-19(21)24-26-25(29(36)34(38)30(26)37)23-18-12-7-9-14-20(18)31-27(23)28(24)33/h7-10,12-15,31,38H,3-6,11,16-17H2,1-2H3. The number of hydrogen-bond acceptors (Lipinski definition) is 4. The monoisotopic (exact) mass is 510 g/mol. The number of aromatic nitrogens is 2. The van der Waals surface area contributed by atoms with E-state index in [1.807, 2.05) is 67.3 Å². The van der Waals surface area contributed by atoms with Crippen LogP contribution in [-0.4, -0.2) is 55.5 Å². The lowest BCUT2D eigenvalue weighted by Gasteiger charge is -2.18. The molecule has 2 aromatic heterocycles. The van der Waals surface area contributed by atoms with Crippen molar-refractivity contribution in [3.63, 3.8) is 0 Å². The number of unbranched alkanes of at least 4 members (excludes halogenated alkanes) is 2. The molecule has 0 bridgehead atoms. The summed E-state index contributed by atoms with van der Waals surface area (Å²) in [6.45, 7) is 6.15. The Morgan fingerprint density at radius 2 is 1.53 bits per heavy atom. The first-order chi connectivity index (χ1) is 18.5. The number of hydrogen-bond donors (Lipinski definition) is 2. The predicted molar refractivity (Wildman–Crippen MR) is 147 cm³/mol. The highest BCUT2D eigenvalue weighted by atomic mass is 16.5. The summed E-state index contributed by atoms with van der Waals surface area (Å²) in [5.74, 6) is -1.20. The third-order valence-corrected chi connectivity index (χ3v) is 7.86. The van der Waals surface area contributed by atoms with Gasteiger partial charge in [0.05, 0.1) is 22.2 Å². The summed E-state index contributed by atoms with van der Waals surface area (Å²) < 4.78 is 2.21. The minimum atomic E-state index is -0.698. The van der Waals surface area contributed by atoms with Crippen molar-refractivity contribution in [2.75, 3.05) is 13.1 Å². The van der Waals surface area contributed by atoms with Gasteiger partial charge in [-0.3, -0.25) is 19.6 Å². The fraction of sp³-hybridized carbons (Fsp3) is 0.300. The van der Waals surface area contributed by atoms with Gasteiger partial charge in [-0.15, -0.1) is 5.06 Å². The molecular weight excluding hydrogens is 480 g/mol. The van der Waals surface area contributed by atoms with Crippen LogP contribution in [0.15, 0.2) is 48.5 Å². The van der Waals surface area contributed by atoms with E-state index in [2.05, 4.69) is 9.55 Å². The summed E-state index contributed by atoms with van der Waals surface area (Å²) in [4.78, 5) is 44.2. The molecule has 0 unspecified atom stereocenters. The molecule has 3 aromatic carbocycles. The Morgan fingerprint density at radius 3 is 2.26 bits per heavy atom. The van der Waals surface area contributed by atoms with Gasteiger partial charge in [0.15, 0.2) is 0 Å². The molecule has 194 valence electrons. The normalized spacial score (nSPS) is 13.5. The molecule has 0 spiro atoms. The summed E-state index contributed by atoms with van der Waals surface area (Å²) in [5.41, 5.74) is 3.96. The number of para-hydroxylation sites is 2. The van der Waals surface area contributed by atoms with Crippen LogP contribution >= 0.6 is 0 Å². The van der Waals surface area contributed by atoms with E-state index in [1.165, 1.54) is 0 Å². The van der Waals surface area contributed by atoms with Crippen molar-refractivity contribution < 1.29 is 19.6 Å². The maximum absolute atomic E-state index is 13.2. The van der Waals surface area contributed by atoms with Crippen LogP contribution in [0.4, 0.5) is 0 Å². The number of aryl methyl sites for hydroxylation is 1. The molecule has 1 aliphatic rings. The minimum Gasteiger partial charge on any atom is -0.353 e. The first-order valence-corrected chi connectivity index (χ1v) is 13.3. The molecule has 3 amide bonds. The van der Waals surface area contributed by atoms with Gasteiger partial charge >= 0.3 is 0 Å². The fourth-order valence-corrected chi connectivity index (χ4v) is 6.07. The maximum Gasteiger partial charge on any atom is 0.286 e. The Bertz CT molecular complexity index is 1760. The Labute approximate surface area is 219 Å². The van der Waals surface area contributed by atoms with Gasteiger partial charge in [-0.25, -0.2) is 0 Å². The molecule has 0 atom stereocenters. The average molecular weight is 511 g/mol. The van der Waals surface area contributed by atoms with E-state index in [-0.39, 0.29) is 22.1 Å². The largest absolute Gasteiger partial charge is 0.353 e. The molecule has 8 heteroatoms. The zero-order valence-electron chi connectivity index (χ0n) is 21.6. The van der Waals surface area contributed by atoms with Crippen molar-refractivity contribution in [2.45, 2.75) is 46.1 Å². The summed E-state index contributed by atoms with van der Waals surface area (Å²) in [6, 6.07) is 15.6. The third kappa shape index (κ3) is 3.44. The van der Waals surface area contributed by atoms with Crippen LogP contribution in [0.2, 0.25) is 0 Å². The average Bonchev–Trinajstić information content (AvgIpc) is 3.54. The third-order valence-electron chi connectivity index (χ3n) is 7.86. The van der Waals surface area contributed by atoms with E-state index in [9.17, 15) is 19.6 Å². The van der Waals surface area contributed by atoms with Gasteiger partial charge < -0.3 is 14.5 Å². The fourth-order valence-electron chi connectivity index (χ4n) is 6.07. The van der Waals surface area contributed by atoms with Crippen molar-refractivity contribution in [3.05, 3.63) is 59.7 Å². The van der Waals surface area contributed by atoms with Gasteiger partial charge in [0.1, 0.15) is 0 Å². The van der Waals surface area contributed by atoms with Crippen molar-refractivity contribution in [1.29, 1.82) is 0 Å². The summed E-state index contributed by atoms with van der Waals surface area (Å²) >= 11 is 0. The first-order valence-electron chi connectivity index (χ1n) is 13.3. The van der Waals surface area contributed by atoms with Crippen LogP contribution in [-0.2, 0) is 11.3 Å². The summed E-state index contributed by atoms with van der Waals surface area (Å²) in [6.07, 6.45) is 3.11. The van der Waals surface area contributed by atoms with Crippen LogP contribution in [0, 0.1) is 0 Å². The molecule has 0 radical (unpaired) electrons. The molecule has 38 heavy (non-hydrogen) atoms. The Kier molecular flexibility index (Phi) is 5.91. The van der Waals surface area contributed by atoms with Gasteiger partial charge in [-0.2, -0.15) is 0 Å². The number of H-pyrrole nitrogens is 1. The minimum absolute atomic E-state index is 0.193. The van der Waals surface area contributed by atoms with E-state index in [4.69, 9.17) is 0 Å². The second-order valence-corrected chi connectivity index (χ2v) is 9.86. The van der Waals surface area contributed by atoms with Gasteiger partial charge in [-0.05, 0) is 38.8 Å². The number of benzene rings is 3. The zero-order chi connectivity index (χ0) is 26.6. The second kappa shape index (κ2) is 9.29. The number of nitrogens with zero attached hydrogens (tertiary/aromatic N) is 3. The van der Waals surface area contributed by atoms with Crippen LogP contribution < -0.4 is 0 Å². The van der Waals surface area contributed by atoms with Crippen LogP contribution in [0.25, 0.3) is 43.6 Å². The molecular formula is C30H30N4O4. The van der Waals surface area contributed by atoms with Crippen LogP contribution in [0.5, 0.6) is 0 Å². The number of aromatic amines is 1. The number of fused-ring (bicyclic) bond motifs is 10. The highest BCUT2D eigenvalue weighted by molar-refractivity contribution is 6.38. The summed E-state index contributed by atoms with van der Waals surface area (Å²) in [5, 5.41) is 13.7. The number of nitrogens with one attached hydrogen (secondary N) is 1. The number of carbonyl (C=O) groups is 3. The lowest BCUT2D eigenvalue weighted by Crippen LogP contribution is -2.30. The molecule has 0 aliphatic carbocycles. The van der Waals surface area contributed by atoms with E-state index < -0.39 is 11.8 Å². The Hall–Kier alpha value is -4.17. The van der Waals surface area contributed by atoms with Crippen molar-refractivity contribution >= 4 is 61.3 Å². The van der Waals surface area contributed by atoms with Crippen LogP contribution in [0.1, 0.15) is 60.2 Å².